The Hall–Kier alpha value is -2.91. The summed E-state index contributed by atoms with van der Waals surface area (Å²) in [6.45, 7) is 1.96. The third kappa shape index (κ3) is 4.68. The van der Waals surface area contributed by atoms with Gasteiger partial charge in [-0.1, -0.05) is 11.8 Å². The minimum absolute atomic E-state index is 0.255. The van der Waals surface area contributed by atoms with E-state index in [1.807, 2.05) is 24.4 Å². The molecular weight excluding hydrogens is 396 g/mol. The van der Waals surface area contributed by atoms with Gasteiger partial charge in [0.15, 0.2) is 4.34 Å². The Bertz CT molecular complexity index is 1160. The molecule has 0 fully saturated rings. The number of carbonyl (C=O) groups excluding carboxylic acids is 1. The molecule has 0 aliphatic rings. The molecule has 1 N–H and O–H groups in total. The van der Waals surface area contributed by atoms with E-state index < -0.39 is 11.2 Å². The van der Waals surface area contributed by atoms with E-state index >= 15 is 0 Å². The van der Waals surface area contributed by atoms with Crippen LogP contribution < -0.4 is 16.6 Å². The topological polar surface area (TPSA) is 86.0 Å². The second-order valence-electron chi connectivity index (χ2n) is 6.05. The molecule has 3 rings (SSSR count). The predicted octanol–water partition coefficient (Wildman–Crippen LogP) is 2.65. The van der Waals surface area contributed by atoms with E-state index in [9.17, 15) is 14.4 Å². The third-order valence-electron chi connectivity index (χ3n) is 3.81. The number of carbonyl (C=O) groups is 1. The van der Waals surface area contributed by atoms with Gasteiger partial charge >= 0.3 is 5.69 Å². The largest absolute Gasteiger partial charge is 0.330 e. The molecule has 0 bridgehead atoms. The Balaban J connectivity index is 1.66. The van der Waals surface area contributed by atoms with Crippen molar-refractivity contribution in [2.45, 2.75) is 16.2 Å². The second kappa shape index (κ2) is 8.41. The molecular formula is C19H18N4O3S2. The van der Waals surface area contributed by atoms with E-state index in [1.54, 1.807) is 42.3 Å². The molecule has 3 aromatic rings. The average molecular weight is 415 g/mol. The first-order valence-electron chi connectivity index (χ1n) is 8.29. The van der Waals surface area contributed by atoms with E-state index in [-0.39, 0.29) is 11.5 Å². The third-order valence-corrected chi connectivity index (χ3v) is 5.88. The lowest BCUT2D eigenvalue weighted by Gasteiger charge is -2.04. The fourth-order valence-electron chi connectivity index (χ4n) is 2.39. The monoisotopic (exact) mass is 414 g/mol. The van der Waals surface area contributed by atoms with Gasteiger partial charge in [-0.05, 0) is 37.3 Å². The molecule has 0 unspecified atom stereocenters. The zero-order chi connectivity index (χ0) is 20.3. The van der Waals surface area contributed by atoms with Crippen LogP contribution >= 0.6 is 23.1 Å². The lowest BCUT2D eigenvalue weighted by atomic mass is 10.3. The Kier molecular flexibility index (Phi) is 5.96. The summed E-state index contributed by atoms with van der Waals surface area (Å²) >= 11 is 3.16. The summed E-state index contributed by atoms with van der Waals surface area (Å²) in [6, 6.07) is 7.42. The fraction of sp³-hybridized carbons (Fsp3) is 0.158. The SMILES string of the molecule is Cc1csc(Sc2ccc(NC(=O)/C=C/c3cn(C)c(=O)n(C)c3=O)cc2)n1. The lowest BCUT2D eigenvalue weighted by molar-refractivity contribution is -0.111. The van der Waals surface area contributed by atoms with Crippen molar-refractivity contribution in [3.8, 4) is 0 Å². The van der Waals surface area contributed by atoms with Crippen LogP contribution in [0.2, 0.25) is 0 Å². The highest BCUT2D eigenvalue weighted by Gasteiger charge is 2.06. The molecule has 2 heterocycles. The second-order valence-corrected chi connectivity index (χ2v) is 8.22. The first-order chi connectivity index (χ1) is 13.3. The number of aromatic nitrogens is 3. The van der Waals surface area contributed by atoms with Crippen molar-refractivity contribution < 1.29 is 4.79 Å². The highest BCUT2D eigenvalue weighted by Crippen LogP contribution is 2.30. The van der Waals surface area contributed by atoms with E-state index in [0.717, 1.165) is 19.5 Å². The van der Waals surface area contributed by atoms with Crippen LogP contribution in [0, 0.1) is 6.92 Å². The number of anilines is 1. The number of thiazole rings is 1. The summed E-state index contributed by atoms with van der Waals surface area (Å²) in [5.74, 6) is -0.369. The van der Waals surface area contributed by atoms with Gasteiger partial charge in [-0.2, -0.15) is 0 Å². The molecule has 144 valence electrons. The molecule has 1 amide bonds. The Morgan fingerprint density at radius 3 is 2.57 bits per heavy atom. The number of benzene rings is 1. The van der Waals surface area contributed by atoms with Crippen molar-refractivity contribution >= 4 is 40.8 Å². The van der Waals surface area contributed by atoms with Crippen molar-refractivity contribution in [2.24, 2.45) is 14.1 Å². The zero-order valence-electron chi connectivity index (χ0n) is 15.5. The number of hydrogen-bond acceptors (Lipinski definition) is 6. The first-order valence-corrected chi connectivity index (χ1v) is 9.99. The van der Waals surface area contributed by atoms with Crippen LogP contribution in [0.25, 0.3) is 6.08 Å². The maximum absolute atomic E-state index is 12.1. The number of rotatable bonds is 5. The predicted molar refractivity (Wildman–Crippen MR) is 112 cm³/mol. The molecule has 0 saturated heterocycles. The summed E-state index contributed by atoms with van der Waals surface area (Å²) in [6.07, 6.45) is 4.06. The molecule has 9 heteroatoms. The smallest absolute Gasteiger partial charge is 0.323 e. The van der Waals surface area contributed by atoms with Crippen LogP contribution in [-0.4, -0.2) is 20.0 Å². The number of hydrogen-bond donors (Lipinski definition) is 1. The molecule has 2 aromatic heterocycles. The maximum atomic E-state index is 12.1. The molecule has 7 nitrogen and oxygen atoms in total. The van der Waals surface area contributed by atoms with E-state index in [1.165, 1.54) is 30.0 Å². The molecule has 28 heavy (non-hydrogen) atoms. The molecule has 0 aliphatic heterocycles. The Morgan fingerprint density at radius 2 is 1.93 bits per heavy atom. The fourth-order valence-corrected chi connectivity index (χ4v) is 4.20. The van der Waals surface area contributed by atoms with E-state index in [0.29, 0.717) is 5.69 Å². The molecule has 0 radical (unpaired) electrons. The van der Waals surface area contributed by atoms with Gasteiger partial charge in [-0.15, -0.1) is 11.3 Å². The van der Waals surface area contributed by atoms with Gasteiger partial charge < -0.3 is 9.88 Å². The Labute approximate surface area is 169 Å². The van der Waals surface area contributed by atoms with E-state index in [2.05, 4.69) is 10.3 Å². The van der Waals surface area contributed by atoms with Crippen LogP contribution in [0.1, 0.15) is 11.3 Å². The van der Waals surface area contributed by atoms with Gasteiger partial charge in [-0.3, -0.25) is 14.2 Å². The highest BCUT2D eigenvalue weighted by molar-refractivity contribution is 8.01. The molecule has 0 saturated carbocycles. The number of nitrogens with one attached hydrogen (secondary N) is 1. The van der Waals surface area contributed by atoms with Gasteiger partial charge in [0.05, 0.1) is 5.56 Å². The zero-order valence-corrected chi connectivity index (χ0v) is 17.1. The van der Waals surface area contributed by atoms with Crippen molar-refractivity contribution in [3.63, 3.8) is 0 Å². The minimum atomic E-state index is -0.453. The molecule has 0 atom stereocenters. The minimum Gasteiger partial charge on any atom is -0.323 e. The highest BCUT2D eigenvalue weighted by atomic mass is 32.2. The average Bonchev–Trinajstić information content (AvgIpc) is 3.08. The van der Waals surface area contributed by atoms with Crippen LogP contribution in [-0.2, 0) is 18.9 Å². The van der Waals surface area contributed by atoms with Gasteiger partial charge in [-0.25, -0.2) is 9.78 Å². The lowest BCUT2D eigenvalue weighted by Crippen LogP contribution is -2.37. The number of amides is 1. The Morgan fingerprint density at radius 1 is 1.21 bits per heavy atom. The maximum Gasteiger partial charge on any atom is 0.330 e. The number of nitrogens with zero attached hydrogens (tertiary/aromatic N) is 3. The summed E-state index contributed by atoms with van der Waals surface area (Å²) < 4.78 is 3.26. The summed E-state index contributed by atoms with van der Waals surface area (Å²) in [4.78, 5) is 41.3. The summed E-state index contributed by atoms with van der Waals surface area (Å²) in [5, 5.41) is 4.74. The van der Waals surface area contributed by atoms with Crippen LogP contribution in [0.15, 0.2) is 60.7 Å². The standard InChI is InChI=1S/C19H18N4O3S2/c1-12-11-27-18(20-12)28-15-7-5-14(6-8-15)21-16(24)9-4-13-10-22(2)19(26)23(3)17(13)25/h4-11H,1-3H3,(H,21,24)/b9-4+. The normalized spacial score (nSPS) is 11.1. The molecule has 0 aliphatic carbocycles. The molecule has 1 aromatic carbocycles. The van der Waals surface area contributed by atoms with Gasteiger partial charge in [0.25, 0.3) is 5.56 Å². The summed E-state index contributed by atoms with van der Waals surface area (Å²) in [5.41, 5.74) is 1.02. The van der Waals surface area contributed by atoms with Crippen LogP contribution in [0.5, 0.6) is 0 Å². The van der Waals surface area contributed by atoms with Gasteiger partial charge in [0.2, 0.25) is 5.91 Å². The number of aryl methyl sites for hydroxylation is 2. The van der Waals surface area contributed by atoms with Crippen molar-refractivity contribution in [1.82, 2.24) is 14.1 Å². The van der Waals surface area contributed by atoms with Crippen LogP contribution in [0.3, 0.4) is 0 Å². The van der Waals surface area contributed by atoms with Gasteiger partial charge in [0.1, 0.15) is 0 Å². The molecule has 0 spiro atoms. The quantitative estimate of drug-likeness (QED) is 0.649. The first kappa shape index (κ1) is 19.8. The summed E-state index contributed by atoms with van der Waals surface area (Å²) in [7, 11) is 2.94. The van der Waals surface area contributed by atoms with Crippen LogP contribution in [0.4, 0.5) is 5.69 Å². The van der Waals surface area contributed by atoms with E-state index in [4.69, 9.17) is 0 Å². The van der Waals surface area contributed by atoms with Crippen molar-refractivity contribution in [3.05, 3.63) is 74.0 Å². The van der Waals surface area contributed by atoms with Crippen molar-refractivity contribution in [1.29, 1.82) is 0 Å². The van der Waals surface area contributed by atoms with Gasteiger partial charge in [0, 0.05) is 48.0 Å². The van der Waals surface area contributed by atoms with Crippen molar-refractivity contribution in [2.75, 3.05) is 5.32 Å².